The van der Waals surface area contributed by atoms with Gasteiger partial charge in [0.15, 0.2) is 0 Å². The molecule has 2 aromatic rings. The minimum Gasteiger partial charge on any atom is -0.372 e. The number of likely N-dealkylation sites (tertiary alicyclic amines) is 1. The maximum absolute atomic E-state index is 13.2. The lowest BCUT2D eigenvalue weighted by molar-refractivity contribution is -0.137. The van der Waals surface area contributed by atoms with E-state index in [-0.39, 0.29) is 23.3 Å². The summed E-state index contributed by atoms with van der Waals surface area (Å²) in [6, 6.07) is 20.5. The van der Waals surface area contributed by atoms with Crippen LogP contribution in [-0.4, -0.2) is 48.6 Å². The van der Waals surface area contributed by atoms with Crippen molar-refractivity contribution in [3.8, 4) is 0 Å². The first-order valence-electron chi connectivity index (χ1n) is 10.4. The van der Waals surface area contributed by atoms with Gasteiger partial charge in [0.05, 0.1) is 12.2 Å². The summed E-state index contributed by atoms with van der Waals surface area (Å²) in [7, 11) is 0. The summed E-state index contributed by atoms with van der Waals surface area (Å²) in [4.78, 5) is 26.7. The lowest BCUT2D eigenvalue weighted by Gasteiger charge is -2.41. The van der Waals surface area contributed by atoms with Crippen molar-refractivity contribution in [2.24, 2.45) is 0 Å². The molecular formula is C24H28N2O3. The second kappa shape index (κ2) is 8.78. The van der Waals surface area contributed by atoms with E-state index in [1.807, 2.05) is 41.3 Å². The van der Waals surface area contributed by atoms with Gasteiger partial charge in [-0.1, -0.05) is 60.7 Å². The van der Waals surface area contributed by atoms with Gasteiger partial charge in [-0.15, -0.1) is 0 Å². The molecule has 4 rings (SSSR count). The van der Waals surface area contributed by atoms with Crippen LogP contribution in [0.1, 0.15) is 42.7 Å². The van der Waals surface area contributed by atoms with E-state index in [1.54, 1.807) is 0 Å². The molecule has 2 aliphatic heterocycles. The first kappa shape index (κ1) is 19.6. The average Bonchev–Trinajstić information content (AvgIpc) is 2.95. The highest BCUT2D eigenvalue weighted by molar-refractivity contribution is 5.78. The van der Waals surface area contributed by atoms with E-state index in [9.17, 15) is 9.59 Å². The number of amides is 2. The Morgan fingerprint density at radius 1 is 1.00 bits per heavy atom. The highest BCUT2D eigenvalue weighted by Crippen LogP contribution is 2.31. The van der Waals surface area contributed by atoms with Crippen molar-refractivity contribution in [2.45, 2.75) is 37.2 Å². The molecule has 0 saturated carbocycles. The van der Waals surface area contributed by atoms with Crippen molar-refractivity contribution in [2.75, 3.05) is 26.2 Å². The number of hydrogen-bond donors (Lipinski definition) is 1. The number of nitrogens with zero attached hydrogens (tertiary/aromatic N) is 1. The fourth-order valence-corrected chi connectivity index (χ4v) is 4.35. The van der Waals surface area contributed by atoms with E-state index >= 15 is 0 Å². The topological polar surface area (TPSA) is 58.6 Å². The molecule has 5 nitrogen and oxygen atoms in total. The zero-order valence-electron chi connectivity index (χ0n) is 16.7. The third kappa shape index (κ3) is 4.67. The van der Waals surface area contributed by atoms with Crippen LogP contribution in [-0.2, 0) is 14.3 Å². The van der Waals surface area contributed by atoms with Crippen LogP contribution in [0.15, 0.2) is 60.7 Å². The Kier molecular flexibility index (Phi) is 5.95. The standard InChI is InChI=1S/C24H28N2O3/c27-22-11-16-29-24(18-25-22)12-14-26(15-13-24)23(28)17-21(19-7-3-1-4-8-19)20-9-5-2-6-10-20/h1-10,21H,11-18H2,(H,25,27). The summed E-state index contributed by atoms with van der Waals surface area (Å²) in [5.74, 6) is 0.276. The van der Waals surface area contributed by atoms with Gasteiger partial charge in [-0.25, -0.2) is 0 Å². The first-order chi connectivity index (χ1) is 14.2. The van der Waals surface area contributed by atoms with Gasteiger partial charge in [-0.2, -0.15) is 0 Å². The molecule has 0 atom stereocenters. The molecule has 2 aliphatic rings. The van der Waals surface area contributed by atoms with Crippen LogP contribution in [0.5, 0.6) is 0 Å². The van der Waals surface area contributed by atoms with E-state index in [0.717, 1.165) is 24.0 Å². The monoisotopic (exact) mass is 392 g/mol. The van der Waals surface area contributed by atoms with Crippen molar-refractivity contribution in [3.63, 3.8) is 0 Å². The minimum atomic E-state index is -0.318. The molecule has 0 aliphatic carbocycles. The van der Waals surface area contributed by atoms with Gasteiger partial charge in [0, 0.05) is 38.4 Å². The molecule has 2 amide bonds. The Balaban J connectivity index is 1.43. The molecule has 0 unspecified atom stereocenters. The second-order valence-electron chi connectivity index (χ2n) is 8.02. The lowest BCUT2D eigenvalue weighted by Crippen LogP contribution is -2.52. The predicted molar refractivity (Wildman–Crippen MR) is 111 cm³/mol. The third-order valence-electron chi connectivity index (χ3n) is 6.16. The maximum Gasteiger partial charge on any atom is 0.223 e. The van der Waals surface area contributed by atoms with Crippen LogP contribution in [0.4, 0.5) is 0 Å². The maximum atomic E-state index is 13.2. The quantitative estimate of drug-likeness (QED) is 0.870. The molecule has 2 heterocycles. The Bertz CT molecular complexity index is 790. The number of carbonyl (C=O) groups is 2. The Hall–Kier alpha value is -2.66. The van der Waals surface area contributed by atoms with E-state index in [0.29, 0.717) is 39.1 Å². The van der Waals surface area contributed by atoms with Crippen LogP contribution >= 0.6 is 0 Å². The first-order valence-corrected chi connectivity index (χ1v) is 10.4. The lowest BCUT2D eigenvalue weighted by atomic mass is 9.87. The van der Waals surface area contributed by atoms with Crippen LogP contribution in [0.25, 0.3) is 0 Å². The average molecular weight is 392 g/mol. The molecular weight excluding hydrogens is 364 g/mol. The zero-order chi connectivity index (χ0) is 20.1. The Morgan fingerprint density at radius 2 is 1.59 bits per heavy atom. The van der Waals surface area contributed by atoms with Crippen molar-refractivity contribution >= 4 is 11.8 Å². The van der Waals surface area contributed by atoms with Gasteiger partial charge in [-0.3, -0.25) is 9.59 Å². The van der Waals surface area contributed by atoms with Gasteiger partial charge in [0.1, 0.15) is 0 Å². The summed E-state index contributed by atoms with van der Waals surface area (Å²) < 4.78 is 6.03. The van der Waals surface area contributed by atoms with Crippen LogP contribution < -0.4 is 5.32 Å². The molecule has 2 fully saturated rings. The van der Waals surface area contributed by atoms with Crippen LogP contribution in [0, 0.1) is 0 Å². The van der Waals surface area contributed by atoms with E-state index in [4.69, 9.17) is 4.74 Å². The van der Waals surface area contributed by atoms with Gasteiger partial charge < -0.3 is 15.0 Å². The highest BCUT2D eigenvalue weighted by Gasteiger charge is 2.38. The summed E-state index contributed by atoms with van der Waals surface area (Å²) in [6.07, 6.45) is 2.40. The zero-order valence-corrected chi connectivity index (χ0v) is 16.7. The van der Waals surface area contributed by atoms with Gasteiger partial charge >= 0.3 is 0 Å². The molecule has 0 bridgehead atoms. The molecule has 0 aromatic heterocycles. The summed E-state index contributed by atoms with van der Waals surface area (Å²) in [5.41, 5.74) is 2.01. The number of piperidine rings is 1. The number of rotatable bonds is 4. The fraction of sp³-hybridized carbons (Fsp3) is 0.417. The highest BCUT2D eigenvalue weighted by atomic mass is 16.5. The second-order valence-corrected chi connectivity index (χ2v) is 8.02. The minimum absolute atomic E-state index is 0.0499. The Labute approximate surface area is 172 Å². The molecule has 0 radical (unpaired) electrons. The van der Waals surface area contributed by atoms with Crippen molar-refractivity contribution in [3.05, 3.63) is 71.8 Å². The fourth-order valence-electron chi connectivity index (χ4n) is 4.35. The summed E-state index contributed by atoms with van der Waals surface area (Å²) >= 11 is 0. The number of benzene rings is 2. The SMILES string of the molecule is O=C1CCOC2(CCN(C(=O)CC(c3ccccc3)c3ccccc3)CC2)CN1. The third-order valence-corrected chi connectivity index (χ3v) is 6.16. The van der Waals surface area contributed by atoms with Gasteiger partial charge in [0.25, 0.3) is 0 Å². The largest absolute Gasteiger partial charge is 0.372 e. The Morgan fingerprint density at radius 3 is 2.17 bits per heavy atom. The number of carbonyl (C=O) groups excluding carboxylic acids is 2. The summed E-state index contributed by atoms with van der Waals surface area (Å²) in [6.45, 7) is 2.35. The molecule has 1 spiro atoms. The van der Waals surface area contributed by atoms with Gasteiger partial charge in [0.2, 0.25) is 11.8 Å². The van der Waals surface area contributed by atoms with Crippen LogP contribution in [0.3, 0.4) is 0 Å². The molecule has 29 heavy (non-hydrogen) atoms. The van der Waals surface area contributed by atoms with Crippen molar-refractivity contribution in [1.29, 1.82) is 0 Å². The van der Waals surface area contributed by atoms with Crippen molar-refractivity contribution in [1.82, 2.24) is 10.2 Å². The smallest absolute Gasteiger partial charge is 0.223 e. The van der Waals surface area contributed by atoms with Gasteiger partial charge in [-0.05, 0) is 24.0 Å². The van der Waals surface area contributed by atoms with E-state index in [2.05, 4.69) is 29.6 Å². The van der Waals surface area contributed by atoms with Crippen molar-refractivity contribution < 1.29 is 14.3 Å². The van der Waals surface area contributed by atoms with E-state index in [1.165, 1.54) is 0 Å². The predicted octanol–water partition coefficient (Wildman–Crippen LogP) is 3.11. The molecule has 1 N–H and O–H groups in total. The summed E-state index contributed by atoms with van der Waals surface area (Å²) in [5, 5.41) is 2.96. The number of ether oxygens (including phenoxy) is 1. The molecule has 5 heteroatoms. The molecule has 2 aromatic carbocycles. The van der Waals surface area contributed by atoms with Crippen LogP contribution in [0.2, 0.25) is 0 Å². The number of hydrogen-bond acceptors (Lipinski definition) is 3. The molecule has 2 saturated heterocycles. The van der Waals surface area contributed by atoms with E-state index < -0.39 is 0 Å². The number of nitrogens with one attached hydrogen (secondary N) is 1. The normalized spacial score (nSPS) is 19.1. The molecule has 152 valence electrons.